The van der Waals surface area contributed by atoms with Crippen molar-refractivity contribution in [2.24, 2.45) is 7.05 Å². The lowest BCUT2D eigenvalue weighted by Crippen LogP contribution is -2.44. The highest BCUT2D eigenvalue weighted by Crippen LogP contribution is 2.52. The number of hydrogen-bond acceptors (Lipinski definition) is 12. The summed E-state index contributed by atoms with van der Waals surface area (Å²) >= 11 is 0. The van der Waals surface area contributed by atoms with Crippen molar-refractivity contribution in [1.82, 2.24) is 39.6 Å². The number of fused-ring (bicyclic) bond motifs is 3. The minimum absolute atomic E-state index is 0.103. The molecule has 0 saturated carbocycles. The molecule has 47 heavy (non-hydrogen) atoms. The third-order valence-electron chi connectivity index (χ3n) is 8.52. The second-order valence-electron chi connectivity index (χ2n) is 12.2. The largest absolute Gasteiger partial charge is 0.451 e. The summed E-state index contributed by atoms with van der Waals surface area (Å²) in [6, 6.07) is 7.69. The van der Waals surface area contributed by atoms with Crippen LogP contribution in [0.1, 0.15) is 0 Å². The molecule has 2 aromatic carbocycles. The lowest BCUT2D eigenvalue weighted by Gasteiger charge is -2.35. The average molecular weight is 652 g/mol. The standard InChI is InChI=1S/C32H34N11O3P/c1-41-11-13-43(14-12-41)26-21(19-16-36-42(2)17-19)15-24(27-28(26)46-18-45-27)38-32-39-30-20(7-8-35-30)31(40-32)37-23-6-5-22-25(34-10-9-33-22)29(23)47(3,4)44/h5-10,15-17H,11-14,18H2,1-4H3,(H3,35,37,38,39,40). The maximum absolute atomic E-state index is 13.6. The van der Waals surface area contributed by atoms with E-state index < -0.39 is 7.14 Å². The van der Waals surface area contributed by atoms with Crippen LogP contribution in [0.3, 0.4) is 0 Å². The molecule has 8 rings (SSSR count). The number of aromatic nitrogens is 7. The van der Waals surface area contributed by atoms with Crippen molar-refractivity contribution in [3.63, 3.8) is 0 Å². The van der Waals surface area contributed by atoms with E-state index in [0.29, 0.717) is 56.6 Å². The lowest BCUT2D eigenvalue weighted by atomic mass is 10.0. The molecule has 0 spiro atoms. The van der Waals surface area contributed by atoms with Gasteiger partial charge in [0.25, 0.3) is 0 Å². The van der Waals surface area contributed by atoms with Gasteiger partial charge in [0.05, 0.1) is 39.5 Å². The Labute approximate surface area is 270 Å². The Kier molecular flexibility index (Phi) is 6.99. The smallest absolute Gasteiger partial charge is 0.231 e. The Morgan fingerprint density at radius 1 is 0.936 bits per heavy atom. The number of anilines is 5. The molecule has 14 nitrogen and oxygen atoms in total. The van der Waals surface area contributed by atoms with Gasteiger partial charge in [-0.1, -0.05) is 0 Å². The molecule has 0 radical (unpaired) electrons. The van der Waals surface area contributed by atoms with Crippen LogP contribution in [0, 0.1) is 0 Å². The van der Waals surface area contributed by atoms with Crippen LogP contribution in [0.15, 0.2) is 55.2 Å². The molecule has 6 aromatic rings. The van der Waals surface area contributed by atoms with Gasteiger partial charge in [0.15, 0.2) is 11.5 Å². The maximum atomic E-state index is 13.6. The Morgan fingerprint density at radius 2 is 1.74 bits per heavy atom. The number of nitrogens with zero attached hydrogens (tertiary/aromatic N) is 8. The predicted molar refractivity (Wildman–Crippen MR) is 184 cm³/mol. The van der Waals surface area contributed by atoms with Gasteiger partial charge in [0.1, 0.15) is 24.1 Å². The third-order valence-corrected chi connectivity index (χ3v) is 10.0. The summed E-state index contributed by atoms with van der Waals surface area (Å²) in [6.07, 6.45) is 8.91. The van der Waals surface area contributed by atoms with Crippen LogP contribution in [0.25, 0.3) is 33.2 Å². The van der Waals surface area contributed by atoms with Gasteiger partial charge in [-0.2, -0.15) is 15.1 Å². The summed E-state index contributed by atoms with van der Waals surface area (Å²) in [5, 5.41) is 12.7. The molecule has 1 saturated heterocycles. The summed E-state index contributed by atoms with van der Waals surface area (Å²) in [6.45, 7) is 7.17. The van der Waals surface area contributed by atoms with Crippen molar-refractivity contribution in [2.75, 3.05) is 68.9 Å². The number of aromatic amines is 1. The molecule has 2 aliphatic heterocycles. The first kappa shape index (κ1) is 29.2. The van der Waals surface area contributed by atoms with Crippen LogP contribution in [0.2, 0.25) is 0 Å². The van der Waals surface area contributed by atoms with Crippen molar-refractivity contribution in [3.8, 4) is 22.6 Å². The molecule has 240 valence electrons. The number of ether oxygens (including phenoxy) is 2. The molecular formula is C32H34N11O3P. The molecule has 4 aromatic heterocycles. The number of H-pyrrole nitrogens is 1. The van der Waals surface area contributed by atoms with Crippen LogP contribution in [0.5, 0.6) is 11.5 Å². The van der Waals surface area contributed by atoms with Crippen molar-refractivity contribution in [3.05, 3.63) is 55.2 Å². The highest BCUT2D eigenvalue weighted by molar-refractivity contribution is 7.71. The Balaban J connectivity index is 1.23. The van der Waals surface area contributed by atoms with E-state index >= 15 is 0 Å². The molecule has 1 fully saturated rings. The van der Waals surface area contributed by atoms with Gasteiger partial charge >= 0.3 is 0 Å². The molecule has 0 unspecified atom stereocenters. The fraction of sp³-hybridized carbons (Fsp3) is 0.281. The Hall–Kier alpha value is -5.20. The number of rotatable bonds is 7. The molecule has 0 atom stereocenters. The van der Waals surface area contributed by atoms with Crippen LogP contribution in [-0.2, 0) is 11.6 Å². The normalized spacial score (nSPS) is 15.1. The fourth-order valence-corrected chi connectivity index (χ4v) is 7.67. The number of likely N-dealkylation sites (N-methyl/N-ethyl adjacent to an activating group) is 1. The van der Waals surface area contributed by atoms with E-state index in [9.17, 15) is 4.57 Å². The van der Waals surface area contributed by atoms with E-state index in [-0.39, 0.29) is 6.79 Å². The summed E-state index contributed by atoms with van der Waals surface area (Å²) in [7, 11) is 1.25. The second kappa shape index (κ2) is 11.2. The first-order chi connectivity index (χ1) is 22.7. The van der Waals surface area contributed by atoms with Crippen molar-refractivity contribution < 1.29 is 14.0 Å². The molecule has 0 amide bonds. The molecule has 6 heterocycles. The first-order valence-corrected chi connectivity index (χ1v) is 17.9. The third kappa shape index (κ3) is 5.29. The minimum Gasteiger partial charge on any atom is -0.451 e. The second-order valence-corrected chi connectivity index (χ2v) is 15.3. The SMILES string of the molecule is CN1CCN(c2c(-c3cnn(C)c3)cc(Nc3nc(Nc4ccc5nccnc5c4P(C)(C)=O)c4cc[nH]c4n3)c3c2OCO3)CC1. The van der Waals surface area contributed by atoms with Crippen LogP contribution in [0.4, 0.5) is 28.8 Å². The molecule has 15 heteroatoms. The van der Waals surface area contributed by atoms with E-state index in [1.54, 1.807) is 30.4 Å². The minimum atomic E-state index is -2.79. The van der Waals surface area contributed by atoms with Gasteiger partial charge in [0, 0.05) is 69.1 Å². The van der Waals surface area contributed by atoms with Crippen molar-refractivity contribution >= 4 is 63.3 Å². The van der Waals surface area contributed by atoms with Crippen LogP contribution >= 0.6 is 7.14 Å². The molecule has 0 bridgehead atoms. The van der Waals surface area contributed by atoms with Gasteiger partial charge in [0.2, 0.25) is 12.7 Å². The number of aryl methyl sites for hydroxylation is 1. The first-order valence-electron chi connectivity index (χ1n) is 15.3. The molecule has 0 aliphatic carbocycles. The van der Waals surface area contributed by atoms with E-state index in [1.165, 1.54) is 0 Å². The van der Waals surface area contributed by atoms with Crippen LogP contribution < -0.4 is 30.3 Å². The quantitative estimate of drug-likeness (QED) is 0.208. The zero-order valence-electron chi connectivity index (χ0n) is 26.5. The number of hydrogen-bond donors (Lipinski definition) is 3. The molecule has 3 N–H and O–H groups in total. The van der Waals surface area contributed by atoms with Gasteiger partial charge in [-0.15, -0.1) is 0 Å². The highest BCUT2D eigenvalue weighted by Gasteiger charge is 2.31. The number of benzene rings is 2. The Morgan fingerprint density at radius 3 is 2.53 bits per heavy atom. The monoisotopic (exact) mass is 651 g/mol. The van der Waals surface area contributed by atoms with Gasteiger partial charge in [-0.3, -0.25) is 14.6 Å². The lowest BCUT2D eigenvalue weighted by molar-refractivity contribution is 0.174. The highest BCUT2D eigenvalue weighted by atomic mass is 31.2. The van der Waals surface area contributed by atoms with Crippen molar-refractivity contribution in [1.29, 1.82) is 0 Å². The van der Waals surface area contributed by atoms with E-state index in [2.05, 4.69) is 53.6 Å². The number of piperazine rings is 1. The summed E-state index contributed by atoms with van der Waals surface area (Å²) < 4.78 is 27.6. The topological polar surface area (TPSA) is 151 Å². The van der Waals surface area contributed by atoms with Gasteiger partial charge < -0.3 is 39.5 Å². The Bertz CT molecular complexity index is 2200. The molecular weight excluding hydrogens is 617 g/mol. The predicted octanol–water partition coefficient (Wildman–Crippen LogP) is 4.52. The zero-order chi connectivity index (χ0) is 32.3. The van der Waals surface area contributed by atoms with E-state index in [0.717, 1.165) is 48.4 Å². The van der Waals surface area contributed by atoms with Gasteiger partial charge in [-0.05, 0) is 44.6 Å². The zero-order valence-corrected chi connectivity index (χ0v) is 27.4. The summed E-state index contributed by atoms with van der Waals surface area (Å²) in [5.74, 6) is 2.15. The summed E-state index contributed by atoms with van der Waals surface area (Å²) in [5.41, 5.74) is 6.12. The summed E-state index contributed by atoms with van der Waals surface area (Å²) in [4.78, 5) is 26.5. The average Bonchev–Trinajstić information content (AvgIpc) is 3.82. The van der Waals surface area contributed by atoms with Crippen molar-refractivity contribution in [2.45, 2.75) is 0 Å². The molecule has 2 aliphatic rings. The fourth-order valence-electron chi connectivity index (χ4n) is 6.28. The van der Waals surface area contributed by atoms with E-state index in [1.807, 2.05) is 43.8 Å². The number of nitrogens with one attached hydrogen (secondary N) is 3. The van der Waals surface area contributed by atoms with Gasteiger partial charge in [-0.25, -0.2) is 0 Å². The maximum Gasteiger partial charge on any atom is 0.231 e. The van der Waals surface area contributed by atoms with E-state index in [4.69, 9.17) is 19.4 Å². The van der Waals surface area contributed by atoms with Crippen LogP contribution in [-0.4, -0.2) is 92.9 Å².